The lowest BCUT2D eigenvalue weighted by atomic mass is 9.65. The molecule has 10 heteroatoms. The van der Waals surface area contributed by atoms with Crippen molar-refractivity contribution < 1.29 is 27.2 Å². The second-order valence-corrected chi connectivity index (χ2v) is 8.06. The Morgan fingerprint density at radius 2 is 1.77 bits per heavy atom. The Labute approximate surface area is 174 Å². The number of alkyl halides is 3. The van der Waals surface area contributed by atoms with Crippen molar-refractivity contribution >= 4 is 23.4 Å². The maximum absolute atomic E-state index is 14.9. The Balaban J connectivity index is 1.51. The van der Waals surface area contributed by atoms with E-state index in [0.29, 0.717) is 5.92 Å². The van der Waals surface area contributed by atoms with Crippen molar-refractivity contribution in [2.45, 2.75) is 38.3 Å². The summed E-state index contributed by atoms with van der Waals surface area (Å²) in [4.78, 5) is 25.0. The maximum Gasteiger partial charge on any atom is 0.416 e. The van der Waals surface area contributed by atoms with Crippen molar-refractivity contribution in [2.24, 2.45) is 17.8 Å². The summed E-state index contributed by atoms with van der Waals surface area (Å²) in [5.74, 6) is -1.37. The van der Waals surface area contributed by atoms with E-state index in [9.17, 15) is 22.4 Å². The predicted octanol–water partition coefficient (Wildman–Crippen LogP) is 5.65. The summed E-state index contributed by atoms with van der Waals surface area (Å²) in [7, 11) is 0. The smallest absolute Gasteiger partial charge is 0.342 e. The lowest BCUT2D eigenvalue weighted by Gasteiger charge is -2.40. The minimum absolute atomic E-state index is 0.0729. The molecular formula is C20H18ClF4N3O2. The zero-order valence-corrected chi connectivity index (χ0v) is 16.4. The quantitative estimate of drug-likeness (QED) is 0.376. The van der Waals surface area contributed by atoms with Gasteiger partial charge < -0.3 is 4.84 Å². The summed E-state index contributed by atoms with van der Waals surface area (Å²) < 4.78 is 53.1. The van der Waals surface area contributed by atoms with Crippen molar-refractivity contribution in [2.75, 3.05) is 5.48 Å². The standard InChI is InChI=1S/C20H18ClF4N3O2/c21-19-26-16(12-5-7-13(8-6-12)20(23,24)25)15(22)17(27-19)28-30-18(29)14-9-10-1-3-11(14)4-2-10/h5-8,10-11,14H,1-4,9H2,(H,26,27,28). The van der Waals surface area contributed by atoms with Crippen LogP contribution in [-0.2, 0) is 15.8 Å². The largest absolute Gasteiger partial charge is 0.416 e. The molecular weight excluding hydrogens is 426 g/mol. The van der Waals surface area contributed by atoms with Gasteiger partial charge in [-0.25, -0.2) is 14.2 Å². The molecule has 1 atom stereocenters. The predicted molar refractivity (Wildman–Crippen MR) is 101 cm³/mol. The van der Waals surface area contributed by atoms with E-state index in [1.807, 2.05) is 0 Å². The molecule has 3 saturated carbocycles. The number of anilines is 1. The van der Waals surface area contributed by atoms with Gasteiger partial charge in [0.2, 0.25) is 11.1 Å². The van der Waals surface area contributed by atoms with Gasteiger partial charge in [-0.15, -0.1) is 0 Å². The van der Waals surface area contributed by atoms with Crippen LogP contribution < -0.4 is 5.48 Å². The summed E-state index contributed by atoms with van der Waals surface area (Å²) in [5.41, 5.74) is 1.11. The van der Waals surface area contributed by atoms with Crippen LogP contribution in [0, 0.1) is 23.6 Å². The van der Waals surface area contributed by atoms with Crippen LogP contribution in [0.25, 0.3) is 11.3 Å². The first kappa shape index (κ1) is 20.8. The first-order valence-electron chi connectivity index (χ1n) is 9.59. The molecule has 2 bridgehead atoms. The van der Waals surface area contributed by atoms with Crippen molar-refractivity contribution in [3.8, 4) is 11.3 Å². The molecule has 1 aromatic heterocycles. The van der Waals surface area contributed by atoms with Crippen molar-refractivity contribution in [3.63, 3.8) is 0 Å². The van der Waals surface area contributed by atoms with Crippen LogP contribution in [0.1, 0.15) is 37.7 Å². The highest BCUT2D eigenvalue weighted by Crippen LogP contribution is 2.45. The second kappa shape index (κ2) is 8.02. The van der Waals surface area contributed by atoms with Crippen LogP contribution in [0.3, 0.4) is 0 Å². The molecule has 0 saturated heterocycles. The van der Waals surface area contributed by atoms with E-state index in [1.54, 1.807) is 0 Å². The van der Waals surface area contributed by atoms with Crippen LogP contribution in [0.4, 0.5) is 23.4 Å². The third kappa shape index (κ3) is 4.21. The number of hydrogen-bond acceptors (Lipinski definition) is 5. The van der Waals surface area contributed by atoms with E-state index in [4.69, 9.17) is 16.4 Å². The number of rotatable bonds is 4. The molecule has 1 unspecified atom stereocenters. The molecule has 160 valence electrons. The molecule has 3 fully saturated rings. The van der Waals surface area contributed by atoms with Gasteiger partial charge in [-0.05, 0) is 54.8 Å². The molecule has 3 aliphatic carbocycles. The minimum atomic E-state index is -4.51. The average Bonchev–Trinajstić information content (AvgIpc) is 2.74. The first-order chi connectivity index (χ1) is 14.2. The number of carbonyl (C=O) groups excluding carboxylic acids is 1. The van der Waals surface area contributed by atoms with Crippen molar-refractivity contribution in [3.05, 3.63) is 40.9 Å². The monoisotopic (exact) mass is 443 g/mol. The van der Waals surface area contributed by atoms with Crippen molar-refractivity contribution in [1.29, 1.82) is 0 Å². The Bertz CT molecular complexity index is 944. The number of fused-ring (bicyclic) bond motifs is 3. The molecule has 0 aliphatic heterocycles. The lowest BCUT2D eigenvalue weighted by molar-refractivity contribution is -0.151. The lowest BCUT2D eigenvalue weighted by Crippen LogP contribution is -2.37. The maximum atomic E-state index is 14.9. The Morgan fingerprint density at radius 3 is 2.33 bits per heavy atom. The fraction of sp³-hybridized carbons (Fsp3) is 0.450. The molecule has 1 heterocycles. The van der Waals surface area contributed by atoms with Gasteiger partial charge in [-0.2, -0.15) is 23.6 Å². The van der Waals surface area contributed by atoms with Crippen LogP contribution in [0.5, 0.6) is 0 Å². The fourth-order valence-electron chi connectivity index (χ4n) is 4.34. The van der Waals surface area contributed by atoms with Gasteiger partial charge in [0.25, 0.3) is 0 Å². The van der Waals surface area contributed by atoms with E-state index in [-0.39, 0.29) is 28.4 Å². The van der Waals surface area contributed by atoms with E-state index in [1.165, 1.54) is 0 Å². The normalized spacial score (nSPS) is 23.3. The number of hydrogen-bond donors (Lipinski definition) is 1. The molecule has 5 rings (SSSR count). The van der Waals surface area contributed by atoms with Gasteiger partial charge in [0.15, 0.2) is 5.82 Å². The SMILES string of the molecule is O=C(ONc1nc(Cl)nc(-c2ccc(C(F)(F)F)cc2)c1F)C1CC2CCC1CC2. The Kier molecular flexibility index (Phi) is 5.57. The molecule has 2 aromatic rings. The van der Waals surface area contributed by atoms with E-state index in [2.05, 4.69) is 15.4 Å². The topological polar surface area (TPSA) is 64.1 Å². The van der Waals surface area contributed by atoms with Crippen LogP contribution in [0.2, 0.25) is 5.28 Å². The van der Waals surface area contributed by atoms with E-state index in [0.717, 1.165) is 56.4 Å². The molecule has 30 heavy (non-hydrogen) atoms. The van der Waals surface area contributed by atoms with Gasteiger partial charge in [-0.1, -0.05) is 25.0 Å². The summed E-state index contributed by atoms with van der Waals surface area (Å²) in [6.45, 7) is 0. The summed E-state index contributed by atoms with van der Waals surface area (Å²) in [6, 6.07) is 3.80. The molecule has 1 N–H and O–H groups in total. The number of carbonyl (C=O) groups is 1. The van der Waals surface area contributed by atoms with Gasteiger partial charge >= 0.3 is 12.1 Å². The highest BCUT2D eigenvalue weighted by Gasteiger charge is 2.40. The molecule has 0 amide bonds. The molecule has 1 aromatic carbocycles. The van der Waals surface area contributed by atoms with Gasteiger partial charge in [0, 0.05) is 5.56 Å². The number of aromatic nitrogens is 2. The van der Waals surface area contributed by atoms with E-state index >= 15 is 0 Å². The Hall–Kier alpha value is -2.42. The molecule has 0 spiro atoms. The van der Waals surface area contributed by atoms with Crippen molar-refractivity contribution in [1.82, 2.24) is 9.97 Å². The van der Waals surface area contributed by atoms with Crippen LogP contribution in [0.15, 0.2) is 24.3 Å². The van der Waals surface area contributed by atoms with Gasteiger partial charge in [-0.3, -0.25) is 0 Å². The molecule has 0 radical (unpaired) electrons. The number of benzene rings is 1. The molecule has 3 aliphatic rings. The highest BCUT2D eigenvalue weighted by molar-refractivity contribution is 6.28. The van der Waals surface area contributed by atoms with Crippen LogP contribution >= 0.6 is 11.6 Å². The molecule has 5 nitrogen and oxygen atoms in total. The fourth-order valence-corrected chi connectivity index (χ4v) is 4.51. The number of nitrogens with one attached hydrogen (secondary N) is 1. The number of nitrogens with zero attached hydrogens (tertiary/aromatic N) is 2. The first-order valence-corrected chi connectivity index (χ1v) is 9.97. The Morgan fingerprint density at radius 1 is 1.10 bits per heavy atom. The highest BCUT2D eigenvalue weighted by atomic mass is 35.5. The summed E-state index contributed by atoms with van der Waals surface area (Å²) >= 11 is 5.84. The zero-order valence-electron chi connectivity index (χ0n) is 15.7. The minimum Gasteiger partial charge on any atom is -0.342 e. The summed E-state index contributed by atoms with van der Waals surface area (Å²) in [6.07, 6.45) is 0.449. The number of halogens is 5. The second-order valence-electron chi connectivity index (χ2n) is 7.73. The van der Waals surface area contributed by atoms with E-state index < -0.39 is 29.3 Å². The summed E-state index contributed by atoms with van der Waals surface area (Å²) in [5, 5.41) is -0.346. The third-order valence-corrected chi connectivity index (χ3v) is 6.08. The van der Waals surface area contributed by atoms with Gasteiger partial charge in [0.05, 0.1) is 11.5 Å². The van der Waals surface area contributed by atoms with Crippen LogP contribution in [-0.4, -0.2) is 15.9 Å². The average molecular weight is 444 g/mol. The zero-order chi connectivity index (χ0) is 21.5. The third-order valence-electron chi connectivity index (χ3n) is 5.91. The van der Waals surface area contributed by atoms with Gasteiger partial charge in [0.1, 0.15) is 5.69 Å².